The van der Waals surface area contributed by atoms with E-state index in [-0.39, 0.29) is 5.41 Å². The summed E-state index contributed by atoms with van der Waals surface area (Å²) in [6.45, 7) is 9.50. The Labute approximate surface area is 75.3 Å². The first-order chi connectivity index (χ1) is 5.41. The third-order valence-electron chi connectivity index (χ3n) is 2.54. The first-order valence-electron chi connectivity index (χ1n) is 4.71. The molecule has 1 aliphatic rings. The average Bonchev–Trinajstić information content (AvgIpc) is 2.59. The second-order valence-corrected chi connectivity index (χ2v) is 4.95. The van der Waals surface area contributed by atoms with E-state index in [1.807, 2.05) is 0 Å². The van der Waals surface area contributed by atoms with Gasteiger partial charge in [0.1, 0.15) is 0 Å². The minimum Gasteiger partial charge on any atom is -0.387 e. The Bertz CT molecular complexity index is 189. The summed E-state index contributed by atoms with van der Waals surface area (Å²) in [6, 6.07) is 0. The zero-order chi connectivity index (χ0) is 9.35. The Hall–Kier alpha value is -0.530. The summed E-state index contributed by atoms with van der Waals surface area (Å²) in [6.07, 6.45) is 1.33. The molecule has 0 aromatic carbocycles. The predicted octanol–water partition coefficient (Wildman–Crippen LogP) is 2.05. The minimum atomic E-state index is 0.0398. The van der Waals surface area contributed by atoms with Crippen molar-refractivity contribution in [1.82, 2.24) is 0 Å². The molecule has 0 spiro atoms. The van der Waals surface area contributed by atoms with Crippen LogP contribution >= 0.6 is 0 Å². The second kappa shape index (κ2) is 3.08. The maximum absolute atomic E-state index is 5.82. The van der Waals surface area contributed by atoms with Crippen LogP contribution in [-0.2, 0) is 0 Å². The van der Waals surface area contributed by atoms with Crippen LogP contribution in [0, 0.1) is 17.3 Å². The lowest BCUT2D eigenvalue weighted by atomic mass is 9.95. The molecule has 12 heavy (non-hydrogen) atoms. The molecule has 1 aliphatic carbocycles. The van der Waals surface area contributed by atoms with Crippen LogP contribution in [0.1, 0.15) is 34.1 Å². The smallest absolute Gasteiger partial charge is 0.0991 e. The van der Waals surface area contributed by atoms with Crippen LogP contribution < -0.4 is 5.73 Å². The Morgan fingerprint density at radius 2 is 2.00 bits per heavy atom. The summed E-state index contributed by atoms with van der Waals surface area (Å²) in [5, 5.41) is 0. The fourth-order valence-electron chi connectivity index (χ4n) is 1.11. The van der Waals surface area contributed by atoms with Crippen LogP contribution in [0.4, 0.5) is 0 Å². The van der Waals surface area contributed by atoms with Crippen molar-refractivity contribution in [2.24, 2.45) is 28.0 Å². The molecule has 2 heteroatoms. The molecule has 0 bridgehead atoms. The minimum absolute atomic E-state index is 0.0398. The van der Waals surface area contributed by atoms with E-state index < -0.39 is 0 Å². The molecule has 0 saturated heterocycles. The monoisotopic (exact) mass is 168 g/mol. The van der Waals surface area contributed by atoms with Gasteiger partial charge in [-0.15, -0.1) is 0 Å². The third-order valence-corrected chi connectivity index (χ3v) is 2.54. The first-order valence-corrected chi connectivity index (χ1v) is 4.71. The van der Waals surface area contributed by atoms with Crippen LogP contribution in [0.25, 0.3) is 0 Å². The Balaban J connectivity index is 2.36. The van der Waals surface area contributed by atoms with Crippen molar-refractivity contribution < 1.29 is 0 Å². The summed E-state index contributed by atoms with van der Waals surface area (Å²) in [5.74, 6) is 2.48. The summed E-state index contributed by atoms with van der Waals surface area (Å²) >= 11 is 0. The lowest BCUT2D eigenvalue weighted by molar-refractivity contribution is 0.578. The molecule has 1 fully saturated rings. The highest BCUT2D eigenvalue weighted by Gasteiger charge is 2.32. The van der Waals surface area contributed by atoms with E-state index in [9.17, 15) is 0 Å². The van der Waals surface area contributed by atoms with E-state index in [2.05, 4.69) is 32.7 Å². The largest absolute Gasteiger partial charge is 0.387 e. The van der Waals surface area contributed by atoms with Gasteiger partial charge in [-0.3, -0.25) is 4.99 Å². The van der Waals surface area contributed by atoms with Crippen LogP contribution in [0.2, 0.25) is 0 Å². The van der Waals surface area contributed by atoms with Gasteiger partial charge in [-0.25, -0.2) is 0 Å². The maximum Gasteiger partial charge on any atom is 0.0991 e. The van der Waals surface area contributed by atoms with E-state index in [0.29, 0.717) is 0 Å². The highest BCUT2D eigenvalue weighted by molar-refractivity contribution is 5.85. The van der Waals surface area contributed by atoms with Gasteiger partial charge in [0.2, 0.25) is 0 Å². The van der Waals surface area contributed by atoms with E-state index in [1.54, 1.807) is 0 Å². The third kappa shape index (κ3) is 2.50. The van der Waals surface area contributed by atoms with Crippen molar-refractivity contribution in [3.63, 3.8) is 0 Å². The van der Waals surface area contributed by atoms with Gasteiger partial charge in [-0.2, -0.15) is 0 Å². The lowest BCUT2D eigenvalue weighted by Gasteiger charge is -2.17. The molecular weight excluding hydrogens is 148 g/mol. The zero-order valence-corrected chi connectivity index (χ0v) is 8.59. The Morgan fingerprint density at radius 1 is 1.50 bits per heavy atom. The van der Waals surface area contributed by atoms with Crippen LogP contribution in [-0.4, -0.2) is 12.4 Å². The highest BCUT2D eigenvalue weighted by Crippen LogP contribution is 2.37. The summed E-state index contributed by atoms with van der Waals surface area (Å²) in [7, 11) is 0. The van der Waals surface area contributed by atoms with Crippen LogP contribution in [0.3, 0.4) is 0 Å². The van der Waals surface area contributed by atoms with Gasteiger partial charge in [0.05, 0.1) is 5.84 Å². The van der Waals surface area contributed by atoms with E-state index in [0.717, 1.165) is 24.2 Å². The molecule has 0 heterocycles. The van der Waals surface area contributed by atoms with E-state index in [1.165, 1.54) is 6.42 Å². The van der Waals surface area contributed by atoms with Crippen molar-refractivity contribution in [2.45, 2.75) is 34.1 Å². The molecule has 1 saturated carbocycles. The molecule has 2 nitrogen and oxygen atoms in total. The van der Waals surface area contributed by atoms with Gasteiger partial charge in [-0.05, 0) is 18.3 Å². The van der Waals surface area contributed by atoms with Gasteiger partial charge in [-0.1, -0.05) is 27.7 Å². The Morgan fingerprint density at radius 3 is 2.33 bits per heavy atom. The molecular formula is C10H20N2. The average molecular weight is 168 g/mol. The number of hydrogen-bond acceptors (Lipinski definition) is 1. The van der Waals surface area contributed by atoms with E-state index in [4.69, 9.17) is 5.73 Å². The molecule has 1 rings (SSSR count). The van der Waals surface area contributed by atoms with Crippen LogP contribution in [0.15, 0.2) is 4.99 Å². The number of aliphatic imine (C=N–C) groups is 1. The van der Waals surface area contributed by atoms with Crippen molar-refractivity contribution >= 4 is 5.84 Å². The normalized spacial score (nSPS) is 30.5. The second-order valence-electron chi connectivity index (χ2n) is 4.95. The van der Waals surface area contributed by atoms with Crippen molar-refractivity contribution in [3.8, 4) is 0 Å². The van der Waals surface area contributed by atoms with Gasteiger partial charge in [0, 0.05) is 12.0 Å². The summed E-state index contributed by atoms with van der Waals surface area (Å²) < 4.78 is 0. The molecule has 0 aromatic rings. The van der Waals surface area contributed by atoms with Gasteiger partial charge in [0.25, 0.3) is 0 Å². The first kappa shape index (κ1) is 9.56. The van der Waals surface area contributed by atoms with Gasteiger partial charge >= 0.3 is 0 Å². The molecule has 70 valence electrons. The number of rotatable bonds is 2. The molecule has 0 amide bonds. The topological polar surface area (TPSA) is 38.4 Å². The number of nitrogens with two attached hydrogens (primary N) is 1. The fourth-order valence-corrected chi connectivity index (χ4v) is 1.11. The molecule has 0 aliphatic heterocycles. The van der Waals surface area contributed by atoms with Crippen molar-refractivity contribution in [1.29, 1.82) is 0 Å². The molecule has 0 radical (unpaired) electrons. The van der Waals surface area contributed by atoms with Crippen molar-refractivity contribution in [3.05, 3.63) is 0 Å². The maximum atomic E-state index is 5.82. The molecule has 2 atom stereocenters. The number of amidine groups is 1. The molecule has 0 aromatic heterocycles. The van der Waals surface area contributed by atoms with Crippen molar-refractivity contribution in [2.75, 3.05) is 6.54 Å². The quantitative estimate of drug-likeness (QED) is 0.497. The lowest BCUT2D eigenvalue weighted by Crippen LogP contribution is -2.29. The summed E-state index contributed by atoms with van der Waals surface area (Å²) in [4.78, 5) is 4.40. The van der Waals surface area contributed by atoms with Gasteiger partial charge < -0.3 is 5.73 Å². The zero-order valence-electron chi connectivity index (χ0n) is 8.59. The summed E-state index contributed by atoms with van der Waals surface area (Å²) in [5.41, 5.74) is 5.86. The van der Waals surface area contributed by atoms with Gasteiger partial charge in [0.15, 0.2) is 0 Å². The van der Waals surface area contributed by atoms with E-state index >= 15 is 0 Å². The van der Waals surface area contributed by atoms with Crippen LogP contribution in [0.5, 0.6) is 0 Å². The molecule has 2 unspecified atom stereocenters. The Kier molecular flexibility index (Phi) is 2.45. The predicted molar refractivity (Wildman–Crippen MR) is 53.2 cm³/mol. The number of hydrogen-bond donors (Lipinski definition) is 1. The molecule has 2 N–H and O–H groups in total. The highest BCUT2D eigenvalue weighted by atomic mass is 14.9. The SMILES string of the molecule is CC1CC1CN=C(N)C(C)(C)C. The fraction of sp³-hybridized carbons (Fsp3) is 0.900. The standard InChI is InChI=1S/C10H20N2/c1-7-5-8(7)6-12-9(11)10(2,3)4/h7-8H,5-6H2,1-4H3,(H2,11,12). The number of nitrogens with zero attached hydrogens (tertiary/aromatic N) is 1.